The highest BCUT2D eigenvalue weighted by Crippen LogP contribution is 2.31. The molecule has 2 nitrogen and oxygen atoms in total. The third-order valence-corrected chi connectivity index (χ3v) is 3.74. The summed E-state index contributed by atoms with van der Waals surface area (Å²) in [6, 6.07) is 0. The van der Waals surface area contributed by atoms with Gasteiger partial charge in [0.05, 0.1) is 6.10 Å². The SMILES string of the molecule is CCCC(C)(C)CC(/C=C/Br)OC1CCCCO1. The highest BCUT2D eigenvalue weighted by Gasteiger charge is 2.25. The average molecular weight is 319 g/mol. The molecule has 2 atom stereocenters. The van der Waals surface area contributed by atoms with Crippen molar-refractivity contribution in [3.8, 4) is 0 Å². The number of halogens is 1. The Morgan fingerprint density at radius 3 is 2.78 bits per heavy atom. The van der Waals surface area contributed by atoms with Crippen LogP contribution in [0.15, 0.2) is 11.1 Å². The van der Waals surface area contributed by atoms with Gasteiger partial charge in [0.1, 0.15) is 0 Å². The highest BCUT2D eigenvalue weighted by atomic mass is 79.9. The van der Waals surface area contributed by atoms with E-state index in [2.05, 4.69) is 42.8 Å². The second-order valence-electron chi connectivity index (χ2n) is 5.91. The van der Waals surface area contributed by atoms with Crippen LogP contribution in [-0.2, 0) is 9.47 Å². The third-order valence-electron chi connectivity index (χ3n) is 3.43. The average Bonchev–Trinajstić information content (AvgIpc) is 2.29. The minimum atomic E-state index is -0.00937. The summed E-state index contributed by atoms with van der Waals surface area (Å²) in [4.78, 5) is 1.91. The van der Waals surface area contributed by atoms with E-state index in [0.29, 0.717) is 5.41 Å². The van der Waals surface area contributed by atoms with E-state index in [1.807, 2.05) is 4.99 Å². The predicted octanol–water partition coefficient (Wildman–Crippen LogP) is 5.02. The molecule has 0 N–H and O–H groups in total. The Bertz CT molecular complexity index is 245. The van der Waals surface area contributed by atoms with Crippen LogP contribution in [0.4, 0.5) is 0 Å². The van der Waals surface area contributed by atoms with E-state index in [1.165, 1.54) is 25.7 Å². The second-order valence-corrected chi connectivity index (χ2v) is 6.44. The van der Waals surface area contributed by atoms with Crippen LogP contribution < -0.4 is 0 Å². The standard InChI is InChI=1S/C15H27BrO2/c1-4-9-15(2,3)12-13(8-10-16)18-14-7-5-6-11-17-14/h8,10,13-14H,4-7,9,11-12H2,1-3H3/b10-8+. The van der Waals surface area contributed by atoms with E-state index in [1.54, 1.807) is 0 Å². The van der Waals surface area contributed by atoms with Gasteiger partial charge in [0.25, 0.3) is 0 Å². The number of hydrogen-bond donors (Lipinski definition) is 0. The Kier molecular flexibility index (Phi) is 7.50. The molecular formula is C15H27BrO2. The van der Waals surface area contributed by atoms with E-state index in [4.69, 9.17) is 9.47 Å². The molecule has 106 valence electrons. The van der Waals surface area contributed by atoms with Crippen molar-refractivity contribution in [3.05, 3.63) is 11.1 Å². The molecule has 1 rings (SSSR count). The molecule has 3 heteroatoms. The van der Waals surface area contributed by atoms with Crippen molar-refractivity contribution >= 4 is 15.9 Å². The van der Waals surface area contributed by atoms with E-state index >= 15 is 0 Å². The van der Waals surface area contributed by atoms with E-state index in [-0.39, 0.29) is 12.4 Å². The molecule has 0 amide bonds. The molecule has 0 spiro atoms. The van der Waals surface area contributed by atoms with Gasteiger partial charge in [-0.3, -0.25) is 0 Å². The Morgan fingerprint density at radius 1 is 1.44 bits per heavy atom. The molecule has 0 bridgehead atoms. The Labute approximate surface area is 120 Å². The molecule has 1 aliphatic heterocycles. The fraction of sp³-hybridized carbons (Fsp3) is 0.867. The lowest BCUT2D eigenvalue weighted by Crippen LogP contribution is -2.30. The van der Waals surface area contributed by atoms with Gasteiger partial charge < -0.3 is 9.47 Å². The van der Waals surface area contributed by atoms with Crippen LogP contribution in [0.2, 0.25) is 0 Å². The first-order valence-corrected chi connectivity index (χ1v) is 8.03. The number of rotatable bonds is 7. The number of hydrogen-bond acceptors (Lipinski definition) is 2. The normalized spacial score (nSPS) is 23.4. The van der Waals surface area contributed by atoms with Crippen molar-refractivity contribution in [2.75, 3.05) is 6.61 Å². The van der Waals surface area contributed by atoms with E-state index in [9.17, 15) is 0 Å². The van der Waals surface area contributed by atoms with Gasteiger partial charge in [0.2, 0.25) is 0 Å². The van der Waals surface area contributed by atoms with Crippen molar-refractivity contribution < 1.29 is 9.47 Å². The van der Waals surface area contributed by atoms with Crippen LogP contribution in [0.3, 0.4) is 0 Å². The Morgan fingerprint density at radius 2 is 2.22 bits per heavy atom. The van der Waals surface area contributed by atoms with Crippen molar-refractivity contribution in [3.63, 3.8) is 0 Å². The Hall–Kier alpha value is 0.140. The van der Waals surface area contributed by atoms with Gasteiger partial charge in [-0.2, -0.15) is 0 Å². The molecule has 0 saturated carbocycles. The lowest BCUT2D eigenvalue weighted by molar-refractivity contribution is -0.183. The molecule has 2 unspecified atom stereocenters. The maximum Gasteiger partial charge on any atom is 0.158 e. The topological polar surface area (TPSA) is 18.5 Å². The van der Waals surface area contributed by atoms with Gasteiger partial charge in [-0.25, -0.2) is 0 Å². The molecule has 0 aromatic rings. The van der Waals surface area contributed by atoms with Gasteiger partial charge >= 0.3 is 0 Å². The quantitative estimate of drug-likeness (QED) is 0.656. The van der Waals surface area contributed by atoms with Gasteiger partial charge in [-0.1, -0.05) is 43.1 Å². The predicted molar refractivity (Wildman–Crippen MR) is 79.8 cm³/mol. The fourth-order valence-corrected chi connectivity index (χ4v) is 2.92. The van der Waals surface area contributed by atoms with Crippen LogP contribution in [0.25, 0.3) is 0 Å². The van der Waals surface area contributed by atoms with Gasteiger partial charge in [-0.15, -0.1) is 0 Å². The monoisotopic (exact) mass is 318 g/mol. The van der Waals surface area contributed by atoms with Gasteiger partial charge in [-0.05, 0) is 48.6 Å². The summed E-state index contributed by atoms with van der Waals surface area (Å²) in [5.41, 5.74) is 0.320. The lowest BCUT2D eigenvalue weighted by atomic mass is 9.82. The first kappa shape index (κ1) is 16.2. The first-order valence-electron chi connectivity index (χ1n) is 7.11. The van der Waals surface area contributed by atoms with Crippen molar-refractivity contribution in [2.45, 2.75) is 71.7 Å². The zero-order valence-electron chi connectivity index (χ0n) is 12.0. The molecule has 1 saturated heterocycles. The molecule has 0 aromatic carbocycles. The zero-order valence-corrected chi connectivity index (χ0v) is 13.5. The molecular weight excluding hydrogens is 292 g/mol. The fourth-order valence-electron chi connectivity index (χ4n) is 2.58. The maximum atomic E-state index is 6.07. The van der Waals surface area contributed by atoms with E-state index in [0.717, 1.165) is 19.4 Å². The summed E-state index contributed by atoms with van der Waals surface area (Å²) in [5, 5.41) is 0. The van der Waals surface area contributed by atoms with Crippen LogP contribution >= 0.6 is 15.9 Å². The van der Waals surface area contributed by atoms with Gasteiger partial charge in [0.15, 0.2) is 6.29 Å². The number of ether oxygens (including phenoxy) is 2. The molecule has 0 aliphatic carbocycles. The molecule has 0 aromatic heterocycles. The Balaban J connectivity index is 2.48. The highest BCUT2D eigenvalue weighted by molar-refractivity contribution is 9.11. The van der Waals surface area contributed by atoms with Crippen LogP contribution in [0.1, 0.15) is 59.3 Å². The molecule has 18 heavy (non-hydrogen) atoms. The summed E-state index contributed by atoms with van der Waals surface area (Å²) >= 11 is 3.36. The maximum absolute atomic E-state index is 6.07. The van der Waals surface area contributed by atoms with Crippen LogP contribution in [0.5, 0.6) is 0 Å². The minimum Gasteiger partial charge on any atom is -0.353 e. The lowest BCUT2D eigenvalue weighted by Gasteiger charge is -2.31. The third kappa shape index (κ3) is 6.35. The minimum absolute atomic E-state index is 0.00937. The molecule has 0 radical (unpaired) electrons. The molecule has 1 aliphatic rings. The summed E-state index contributed by atoms with van der Waals surface area (Å²) in [7, 11) is 0. The summed E-state index contributed by atoms with van der Waals surface area (Å²) < 4.78 is 11.7. The van der Waals surface area contributed by atoms with Crippen molar-refractivity contribution in [1.82, 2.24) is 0 Å². The second kappa shape index (κ2) is 8.34. The molecule has 1 heterocycles. The summed E-state index contributed by atoms with van der Waals surface area (Å²) in [6.07, 6.45) is 9.14. The van der Waals surface area contributed by atoms with Crippen molar-refractivity contribution in [2.24, 2.45) is 5.41 Å². The van der Waals surface area contributed by atoms with E-state index < -0.39 is 0 Å². The summed E-state index contributed by atoms with van der Waals surface area (Å²) in [5.74, 6) is 0. The van der Waals surface area contributed by atoms with Crippen LogP contribution in [0, 0.1) is 5.41 Å². The summed E-state index contributed by atoms with van der Waals surface area (Å²) in [6.45, 7) is 7.71. The van der Waals surface area contributed by atoms with Crippen molar-refractivity contribution in [1.29, 1.82) is 0 Å². The van der Waals surface area contributed by atoms with Gasteiger partial charge in [0, 0.05) is 6.61 Å². The largest absolute Gasteiger partial charge is 0.353 e. The smallest absolute Gasteiger partial charge is 0.158 e. The zero-order chi connectivity index (χ0) is 13.4. The molecule has 1 fully saturated rings. The first-order chi connectivity index (χ1) is 8.57. The van der Waals surface area contributed by atoms with Crippen LogP contribution in [-0.4, -0.2) is 19.0 Å².